The highest BCUT2D eigenvalue weighted by Crippen LogP contribution is 2.34. The summed E-state index contributed by atoms with van der Waals surface area (Å²) in [6.07, 6.45) is 0.444. The average molecular weight is 340 g/mol. The zero-order chi connectivity index (χ0) is 17.5. The van der Waals surface area contributed by atoms with Gasteiger partial charge < -0.3 is 10.3 Å². The monoisotopic (exact) mass is 340 g/mol. The Kier molecular flexibility index (Phi) is 6.21. The molecule has 5 heteroatoms. The highest BCUT2D eigenvalue weighted by Gasteiger charge is 2.15. The topological polar surface area (TPSA) is 69.1 Å². The van der Waals surface area contributed by atoms with E-state index >= 15 is 0 Å². The van der Waals surface area contributed by atoms with Crippen molar-refractivity contribution in [2.24, 2.45) is 5.73 Å². The largest absolute Gasteiger partial charge is 0.370 e. The molecule has 0 atom stereocenters. The molecule has 0 saturated heterocycles. The van der Waals surface area contributed by atoms with Crippen LogP contribution >= 0.6 is 12.6 Å². The third kappa shape index (κ3) is 4.49. The number of carbonyl (C=O) groups is 1. The van der Waals surface area contributed by atoms with Crippen LogP contribution in [0.2, 0.25) is 0 Å². The van der Waals surface area contributed by atoms with Gasteiger partial charge in [-0.3, -0.25) is 4.79 Å². The number of hydrogen-bond donors (Lipinski definition) is 2. The number of thiol groups is 1. The van der Waals surface area contributed by atoms with E-state index in [0.29, 0.717) is 6.42 Å². The predicted molar refractivity (Wildman–Crippen MR) is 98.8 cm³/mol. The Morgan fingerprint density at radius 1 is 1.08 bits per heavy atom. The van der Waals surface area contributed by atoms with E-state index in [4.69, 9.17) is 4.52 Å². The Morgan fingerprint density at radius 3 is 2.21 bits per heavy atom. The van der Waals surface area contributed by atoms with E-state index in [2.05, 4.69) is 23.5 Å². The van der Waals surface area contributed by atoms with Gasteiger partial charge in [0.05, 0.1) is 5.56 Å². The molecule has 0 aliphatic rings. The minimum absolute atomic E-state index is 0.245. The summed E-state index contributed by atoms with van der Waals surface area (Å²) in [5, 5.41) is 4.19. The summed E-state index contributed by atoms with van der Waals surface area (Å²) in [5.74, 6) is 0.579. The summed E-state index contributed by atoms with van der Waals surface area (Å²) < 4.78 is 5.37. The first-order valence-electron chi connectivity index (χ1n) is 7.62. The standard InChI is InChI=1S/C16H13NOS.C3H7NO/c1-11-15(12-7-9-14(19)10-8-12)16(17-18-11)13-5-3-2-4-6-13;1-2-3(4)5/h2-10,19H,1H3;2H2,1H3,(H2,4,5). The molecule has 0 aliphatic carbocycles. The van der Waals surface area contributed by atoms with Gasteiger partial charge in [0.15, 0.2) is 0 Å². The number of amides is 1. The first-order chi connectivity index (χ1) is 11.5. The van der Waals surface area contributed by atoms with Gasteiger partial charge in [0.25, 0.3) is 0 Å². The summed E-state index contributed by atoms with van der Waals surface area (Å²) in [5.41, 5.74) is 8.73. The Balaban J connectivity index is 0.000000368. The first-order valence-corrected chi connectivity index (χ1v) is 8.07. The normalized spacial score (nSPS) is 9.96. The van der Waals surface area contributed by atoms with Crippen LogP contribution in [0.1, 0.15) is 19.1 Å². The Morgan fingerprint density at radius 2 is 1.67 bits per heavy atom. The quantitative estimate of drug-likeness (QED) is 0.690. The Hall–Kier alpha value is -2.53. The molecule has 0 fully saturated rings. The minimum Gasteiger partial charge on any atom is -0.370 e. The average Bonchev–Trinajstić information content (AvgIpc) is 2.98. The Bertz CT molecular complexity index is 796. The highest BCUT2D eigenvalue weighted by molar-refractivity contribution is 7.80. The van der Waals surface area contributed by atoms with E-state index in [0.717, 1.165) is 33.0 Å². The maximum absolute atomic E-state index is 9.59. The summed E-state index contributed by atoms with van der Waals surface area (Å²) in [7, 11) is 0. The number of rotatable bonds is 3. The molecule has 0 radical (unpaired) electrons. The second kappa shape index (κ2) is 8.36. The van der Waals surface area contributed by atoms with Gasteiger partial charge >= 0.3 is 0 Å². The van der Waals surface area contributed by atoms with Crippen LogP contribution in [0, 0.1) is 6.92 Å². The number of nitrogens with zero attached hydrogens (tertiary/aromatic N) is 1. The molecule has 0 unspecified atom stereocenters. The molecule has 1 amide bonds. The molecule has 2 aromatic carbocycles. The second-order valence-corrected chi connectivity index (χ2v) is 5.71. The van der Waals surface area contributed by atoms with Crippen molar-refractivity contribution in [2.75, 3.05) is 0 Å². The van der Waals surface area contributed by atoms with E-state index < -0.39 is 0 Å². The van der Waals surface area contributed by atoms with Crippen LogP contribution in [0.4, 0.5) is 0 Å². The number of nitrogens with two attached hydrogens (primary N) is 1. The summed E-state index contributed by atoms with van der Waals surface area (Å²) in [6, 6.07) is 18.1. The van der Waals surface area contributed by atoms with Crippen molar-refractivity contribution < 1.29 is 9.32 Å². The van der Waals surface area contributed by atoms with Crippen molar-refractivity contribution in [3.8, 4) is 22.4 Å². The van der Waals surface area contributed by atoms with Gasteiger partial charge in [0, 0.05) is 16.9 Å². The lowest BCUT2D eigenvalue weighted by molar-refractivity contribution is -0.117. The van der Waals surface area contributed by atoms with E-state index in [1.807, 2.05) is 61.5 Å². The fourth-order valence-electron chi connectivity index (χ4n) is 2.13. The van der Waals surface area contributed by atoms with Crippen molar-refractivity contribution in [1.82, 2.24) is 5.16 Å². The molecule has 2 N–H and O–H groups in total. The first kappa shape index (κ1) is 17.8. The van der Waals surface area contributed by atoms with Crippen LogP contribution in [-0.4, -0.2) is 11.1 Å². The predicted octanol–water partition coefficient (Wildman–Crippen LogP) is 4.49. The smallest absolute Gasteiger partial charge is 0.217 e. The summed E-state index contributed by atoms with van der Waals surface area (Å²) in [4.78, 5) is 10.5. The molecule has 3 aromatic rings. The maximum atomic E-state index is 9.59. The molecule has 0 spiro atoms. The van der Waals surface area contributed by atoms with Crippen LogP contribution < -0.4 is 5.73 Å². The van der Waals surface area contributed by atoms with Crippen LogP contribution in [0.25, 0.3) is 22.4 Å². The van der Waals surface area contributed by atoms with Crippen molar-refractivity contribution in [2.45, 2.75) is 25.2 Å². The SMILES string of the molecule is CCC(N)=O.Cc1onc(-c2ccccc2)c1-c1ccc(S)cc1. The molecular formula is C19H20N2O2S. The van der Waals surface area contributed by atoms with Crippen LogP contribution in [0.15, 0.2) is 64.0 Å². The lowest BCUT2D eigenvalue weighted by Gasteiger charge is -2.03. The summed E-state index contributed by atoms with van der Waals surface area (Å²) in [6.45, 7) is 3.66. The van der Waals surface area contributed by atoms with Gasteiger partial charge in [-0.25, -0.2) is 0 Å². The molecule has 124 valence electrons. The molecule has 0 aliphatic heterocycles. The molecule has 4 nitrogen and oxygen atoms in total. The number of aromatic nitrogens is 1. The van der Waals surface area contributed by atoms with Gasteiger partial charge in [-0.15, -0.1) is 12.6 Å². The molecule has 0 saturated carbocycles. The lowest BCUT2D eigenvalue weighted by Crippen LogP contribution is -2.06. The number of benzene rings is 2. The van der Waals surface area contributed by atoms with E-state index in [-0.39, 0.29) is 5.91 Å². The number of carbonyl (C=O) groups excluding carboxylic acids is 1. The third-order valence-corrected chi connectivity index (χ3v) is 3.71. The van der Waals surface area contributed by atoms with Crippen molar-refractivity contribution in [1.29, 1.82) is 0 Å². The van der Waals surface area contributed by atoms with E-state index in [9.17, 15) is 4.79 Å². The van der Waals surface area contributed by atoms with Crippen molar-refractivity contribution in [3.05, 3.63) is 60.4 Å². The van der Waals surface area contributed by atoms with Gasteiger partial charge in [-0.05, 0) is 24.6 Å². The highest BCUT2D eigenvalue weighted by atomic mass is 32.1. The minimum atomic E-state index is -0.245. The maximum Gasteiger partial charge on any atom is 0.217 e. The Labute approximate surface area is 147 Å². The van der Waals surface area contributed by atoms with Gasteiger partial charge in [0.1, 0.15) is 11.5 Å². The summed E-state index contributed by atoms with van der Waals surface area (Å²) >= 11 is 4.31. The lowest BCUT2D eigenvalue weighted by atomic mass is 10.00. The van der Waals surface area contributed by atoms with Gasteiger partial charge in [-0.2, -0.15) is 0 Å². The molecule has 0 bridgehead atoms. The van der Waals surface area contributed by atoms with Crippen LogP contribution in [0.3, 0.4) is 0 Å². The molecular weight excluding hydrogens is 320 g/mol. The fourth-order valence-corrected chi connectivity index (χ4v) is 2.28. The fraction of sp³-hybridized carbons (Fsp3) is 0.158. The molecule has 3 rings (SSSR count). The van der Waals surface area contributed by atoms with Crippen molar-refractivity contribution >= 4 is 18.5 Å². The molecule has 1 heterocycles. The number of hydrogen-bond acceptors (Lipinski definition) is 4. The van der Waals surface area contributed by atoms with Crippen molar-refractivity contribution in [3.63, 3.8) is 0 Å². The number of primary amides is 1. The third-order valence-electron chi connectivity index (χ3n) is 3.41. The second-order valence-electron chi connectivity index (χ2n) is 5.20. The zero-order valence-electron chi connectivity index (χ0n) is 13.7. The molecule has 24 heavy (non-hydrogen) atoms. The van der Waals surface area contributed by atoms with Crippen LogP contribution in [0.5, 0.6) is 0 Å². The van der Waals surface area contributed by atoms with Crippen LogP contribution in [-0.2, 0) is 4.79 Å². The number of aryl methyl sites for hydroxylation is 1. The molecule has 1 aromatic heterocycles. The zero-order valence-corrected chi connectivity index (χ0v) is 14.6. The van der Waals surface area contributed by atoms with Gasteiger partial charge in [-0.1, -0.05) is 54.5 Å². The van der Waals surface area contributed by atoms with E-state index in [1.165, 1.54) is 0 Å². The van der Waals surface area contributed by atoms with E-state index in [1.54, 1.807) is 6.92 Å². The van der Waals surface area contributed by atoms with Gasteiger partial charge in [0.2, 0.25) is 5.91 Å².